The van der Waals surface area contributed by atoms with Gasteiger partial charge in [-0.1, -0.05) is 30.1 Å². The van der Waals surface area contributed by atoms with Crippen molar-refractivity contribution in [3.8, 4) is 0 Å². The van der Waals surface area contributed by atoms with Crippen molar-refractivity contribution >= 4 is 35.1 Å². The van der Waals surface area contributed by atoms with E-state index in [1.807, 2.05) is 0 Å². The summed E-state index contributed by atoms with van der Waals surface area (Å²) in [6, 6.07) is 1.34. The summed E-state index contributed by atoms with van der Waals surface area (Å²) in [5.74, 6) is -1.44. The van der Waals surface area contributed by atoms with Gasteiger partial charge in [-0.25, -0.2) is 4.98 Å². The number of hydrogen-bond donors (Lipinski definition) is 2. The van der Waals surface area contributed by atoms with Crippen molar-refractivity contribution in [1.82, 2.24) is 10.3 Å². The number of aliphatic carboxylic acids is 1. The maximum atomic E-state index is 11.9. The van der Waals surface area contributed by atoms with Gasteiger partial charge in [0.1, 0.15) is 5.15 Å². The molecule has 1 heterocycles. The fourth-order valence-corrected chi connectivity index (χ4v) is 1.66. The number of carboxylic acid groups (broad SMARTS) is 1. The summed E-state index contributed by atoms with van der Waals surface area (Å²) in [5.41, 5.74) is -0.843. The summed E-state index contributed by atoms with van der Waals surface area (Å²) in [4.78, 5) is 26.8. The molecule has 0 bridgehead atoms. The molecule has 104 valence electrons. The van der Waals surface area contributed by atoms with Crippen LogP contribution in [0.1, 0.15) is 30.6 Å². The predicted molar refractivity (Wildman–Crippen MR) is 72.6 cm³/mol. The monoisotopic (exact) mass is 304 g/mol. The summed E-state index contributed by atoms with van der Waals surface area (Å²) in [7, 11) is 0. The zero-order valence-electron chi connectivity index (χ0n) is 10.5. The Morgan fingerprint density at radius 3 is 2.63 bits per heavy atom. The number of amides is 1. The Hall–Kier alpha value is -1.33. The third-order valence-corrected chi connectivity index (χ3v) is 3.51. The van der Waals surface area contributed by atoms with E-state index < -0.39 is 17.3 Å². The Morgan fingerprint density at radius 2 is 2.11 bits per heavy atom. The zero-order chi connectivity index (χ0) is 14.6. The molecule has 19 heavy (non-hydrogen) atoms. The molecule has 0 radical (unpaired) electrons. The molecular formula is C12H14Cl2N2O3. The van der Waals surface area contributed by atoms with Crippen molar-refractivity contribution < 1.29 is 14.7 Å². The van der Waals surface area contributed by atoms with Crippen molar-refractivity contribution in [2.75, 3.05) is 6.54 Å². The molecule has 0 saturated heterocycles. The van der Waals surface area contributed by atoms with Crippen LogP contribution in [-0.4, -0.2) is 28.5 Å². The topological polar surface area (TPSA) is 79.3 Å². The maximum absolute atomic E-state index is 11.9. The molecule has 0 spiro atoms. The van der Waals surface area contributed by atoms with E-state index >= 15 is 0 Å². The molecule has 1 unspecified atom stereocenters. The molecule has 0 saturated carbocycles. The van der Waals surface area contributed by atoms with Crippen molar-refractivity contribution in [2.24, 2.45) is 5.41 Å². The number of rotatable bonds is 5. The Balaban J connectivity index is 2.81. The third-order valence-electron chi connectivity index (χ3n) is 3.00. The van der Waals surface area contributed by atoms with Crippen LogP contribution in [0.4, 0.5) is 0 Å². The lowest BCUT2D eigenvalue weighted by Crippen LogP contribution is -2.40. The van der Waals surface area contributed by atoms with Crippen LogP contribution in [0, 0.1) is 5.41 Å². The van der Waals surface area contributed by atoms with Crippen LogP contribution in [0.2, 0.25) is 10.2 Å². The molecule has 0 aromatic carbocycles. The fraction of sp³-hybridized carbons (Fsp3) is 0.417. The van der Waals surface area contributed by atoms with E-state index in [1.165, 1.54) is 12.3 Å². The van der Waals surface area contributed by atoms with E-state index in [9.17, 15) is 9.59 Å². The van der Waals surface area contributed by atoms with Crippen LogP contribution in [0.5, 0.6) is 0 Å². The van der Waals surface area contributed by atoms with Gasteiger partial charge in [-0.15, -0.1) is 0 Å². The molecule has 1 amide bonds. The van der Waals surface area contributed by atoms with Gasteiger partial charge in [0.25, 0.3) is 5.91 Å². The highest BCUT2D eigenvalue weighted by atomic mass is 35.5. The fourth-order valence-electron chi connectivity index (χ4n) is 1.31. The SMILES string of the molecule is CCC(C)(CNC(=O)c1cc(Cl)ncc1Cl)C(=O)O. The minimum atomic E-state index is -1.01. The lowest BCUT2D eigenvalue weighted by Gasteiger charge is -2.23. The maximum Gasteiger partial charge on any atom is 0.311 e. The van der Waals surface area contributed by atoms with Crippen molar-refractivity contribution in [3.63, 3.8) is 0 Å². The average Bonchev–Trinajstić information content (AvgIpc) is 2.38. The van der Waals surface area contributed by atoms with Crippen molar-refractivity contribution in [3.05, 3.63) is 28.0 Å². The molecule has 1 rings (SSSR count). The molecule has 1 aromatic rings. The first-order chi connectivity index (χ1) is 8.80. The van der Waals surface area contributed by atoms with Gasteiger partial charge in [-0.3, -0.25) is 9.59 Å². The molecule has 0 aliphatic heterocycles. The molecule has 0 aliphatic rings. The van der Waals surface area contributed by atoms with E-state index in [-0.39, 0.29) is 22.3 Å². The highest BCUT2D eigenvalue weighted by molar-refractivity contribution is 6.35. The third kappa shape index (κ3) is 3.81. The van der Waals surface area contributed by atoms with Gasteiger partial charge in [0, 0.05) is 12.7 Å². The zero-order valence-corrected chi connectivity index (χ0v) is 12.0. The van der Waals surface area contributed by atoms with E-state index in [0.29, 0.717) is 6.42 Å². The second-order valence-corrected chi connectivity index (χ2v) is 5.18. The molecule has 1 aromatic heterocycles. The summed E-state index contributed by atoms with van der Waals surface area (Å²) in [5, 5.41) is 12.0. The summed E-state index contributed by atoms with van der Waals surface area (Å²) < 4.78 is 0. The second-order valence-electron chi connectivity index (χ2n) is 4.39. The number of carbonyl (C=O) groups excluding carboxylic acids is 1. The number of aromatic nitrogens is 1. The number of halogens is 2. The number of carboxylic acids is 1. The molecule has 2 N–H and O–H groups in total. The number of pyridine rings is 1. The summed E-state index contributed by atoms with van der Waals surface area (Å²) >= 11 is 11.5. The van der Waals surface area contributed by atoms with Crippen LogP contribution >= 0.6 is 23.2 Å². The number of hydrogen-bond acceptors (Lipinski definition) is 3. The van der Waals surface area contributed by atoms with Gasteiger partial charge >= 0.3 is 5.97 Å². The van der Waals surface area contributed by atoms with E-state index in [1.54, 1.807) is 13.8 Å². The lowest BCUT2D eigenvalue weighted by atomic mass is 9.87. The van der Waals surface area contributed by atoms with E-state index in [0.717, 1.165) is 0 Å². The first kappa shape index (κ1) is 15.7. The van der Waals surface area contributed by atoms with Crippen LogP contribution in [-0.2, 0) is 4.79 Å². The van der Waals surface area contributed by atoms with Gasteiger partial charge in [0.15, 0.2) is 0 Å². The van der Waals surface area contributed by atoms with Crippen LogP contribution in [0.3, 0.4) is 0 Å². The van der Waals surface area contributed by atoms with Crippen molar-refractivity contribution in [1.29, 1.82) is 0 Å². The second kappa shape index (κ2) is 6.21. The molecule has 1 atom stereocenters. The summed E-state index contributed by atoms with van der Waals surface area (Å²) in [6.45, 7) is 3.32. The van der Waals surface area contributed by atoms with Gasteiger partial charge in [0.05, 0.1) is 16.0 Å². The minimum Gasteiger partial charge on any atom is -0.481 e. The van der Waals surface area contributed by atoms with Gasteiger partial charge in [0.2, 0.25) is 0 Å². The Bertz CT molecular complexity index is 508. The summed E-state index contributed by atoms with van der Waals surface area (Å²) in [6.07, 6.45) is 1.67. The lowest BCUT2D eigenvalue weighted by molar-refractivity contribution is -0.147. The number of nitrogens with zero attached hydrogens (tertiary/aromatic N) is 1. The molecule has 7 heteroatoms. The molecule has 0 fully saturated rings. The average molecular weight is 305 g/mol. The molecule has 5 nitrogen and oxygen atoms in total. The van der Waals surface area contributed by atoms with Crippen LogP contribution in [0.15, 0.2) is 12.3 Å². The smallest absolute Gasteiger partial charge is 0.311 e. The first-order valence-electron chi connectivity index (χ1n) is 5.63. The Morgan fingerprint density at radius 1 is 1.47 bits per heavy atom. The van der Waals surface area contributed by atoms with Gasteiger partial charge < -0.3 is 10.4 Å². The Kier molecular flexibility index (Phi) is 5.14. The standard InChI is InChI=1S/C12H14Cl2N2O3/c1-3-12(2,11(18)19)6-16-10(17)7-4-9(14)15-5-8(7)13/h4-5H,3,6H2,1-2H3,(H,16,17)(H,18,19). The van der Waals surface area contributed by atoms with E-state index in [2.05, 4.69) is 10.3 Å². The quantitative estimate of drug-likeness (QED) is 0.820. The molecule has 0 aliphatic carbocycles. The predicted octanol–water partition coefficient (Wildman–Crippen LogP) is 2.62. The highest BCUT2D eigenvalue weighted by Crippen LogP contribution is 2.21. The Labute approximate surface area is 120 Å². The minimum absolute atomic E-state index is 0.00787. The van der Waals surface area contributed by atoms with Crippen molar-refractivity contribution in [2.45, 2.75) is 20.3 Å². The number of nitrogens with one attached hydrogen (secondary N) is 1. The van der Waals surface area contributed by atoms with Crippen LogP contribution < -0.4 is 5.32 Å². The normalized spacial score (nSPS) is 13.7. The van der Waals surface area contributed by atoms with Crippen LogP contribution in [0.25, 0.3) is 0 Å². The first-order valence-corrected chi connectivity index (χ1v) is 6.38. The van der Waals surface area contributed by atoms with Gasteiger partial charge in [-0.2, -0.15) is 0 Å². The number of carbonyl (C=O) groups is 2. The van der Waals surface area contributed by atoms with Gasteiger partial charge in [-0.05, 0) is 19.4 Å². The highest BCUT2D eigenvalue weighted by Gasteiger charge is 2.31. The van der Waals surface area contributed by atoms with E-state index in [4.69, 9.17) is 28.3 Å². The molecular weight excluding hydrogens is 291 g/mol. The largest absolute Gasteiger partial charge is 0.481 e.